The van der Waals surface area contributed by atoms with Gasteiger partial charge in [-0.15, -0.1) is 0 Å². The van der Waals surface area contributed by atoms with Gasteiger partial charge in [0.15, 0.2) is 0 Å². The highest BCUT2D eigenvalue weighted by Crippen LogP contribution is 2.39. The van der Waals surface area contributed by atoms with E-state index in [2.05, 4.69) is 84.7 Å². The predicted octanol–water partition coefficient (Wildman–Crippen LogP) is 8.31. The Hall–Kier alpha value is -3.81. The van der Waals surface area contributed by atoms with E-state index in [1.54, 1.807) is 7.11 Å². The lowest BCUT2D eigenvalue weighted by molar-refractivity contribution is -0.123. The number of aromatic nitrogens is 2. The van der Waals surface area contributed by atoms with Gasteiger partial charge in [-0.2, -0.15) is 5.10 Å². The molecule has 0 unspecified atom stereocenters. The largest absolute Gasteiger partial charge is 0.496 e. The molecule has 3 aromatic rings. The van der Waals surface area contributed by atoms with Crippen molar-refractivity contribution in [2.24, 2.45) is 17.8 Å². The summed E-state index contributed by atoms with van der Waals surface area (Å²) in [5.74, 6) is 2.54. The molecule has 1 heterocycles. The average Bonchev–Trinajstić information content (AvgIpc) is 3.58. The van der Waals surface area contributed by atoms with Crippen molar-refractivity contribution >= 4 is 17.7 Å². The summed E-state index contributed by atoms with van der Waals surface area (Å²) in [6.45, 7) is 9.89. The van der Waals surface area contributed by atoms with E-state index in [4.69, 9.17) is 9.47 Å². The Kier molecular flexibility index (Phi) is 11.4. The first kappa shape index (κ1) is 33.6. The number of rotatable bonds is 11. The minimum atomic E-state index is -0.359. The fourth-order valence-electron chi connectivity index (χ4n) is 7.28. The van der Waals surface area contributed by atoms with Crippen LogP contribution in [-0.2, 0) is 9.53 Å². The summed E-state index contributed by atoms with van der Waals surface area (Å²) in [5, 5.41) is 7.44. The maximum absolute atomic E-state index is 14.4. The molecule has 2 aliphatic rings. The van der Waals surface area contributed by atoms with Crippen molar-refractivity contribution in [2.75, 3.05) is 31.7 Å². The Morgan fingerprint density at radius 2 is 1.72 bits per heavy atom. The molecule has 1 N–H and O–H groups in total. The standard InChI is InChI=1S/C38H52N4O4/c1-6-46-38(44)39-22-28-10-16-31(17-11-28)37(43)41(35-9-7-8-32(21-35)34-23-40-42(25-34)26(2)3)24-29-12-14-30(15-13-29)33-18-19-36(45-5)27(4)20-33/h7-9,18-21,23,25-26,28-31H,6,10-17,22,24H2,1-5H3,(H,39,44)/t28-,29-,30-,31-. The zero-order chi connectivity index (χ0) is 32.6. The topological polar surface area (TPSA) is 85.7 Å². The van der Waals surface area contributed by atoms with Crippen LogP contribution in [0.15, 0.2) is 54.9 Å². The maximum Gasteiger partial charge on any atom is 0.407 e. The minimum absolute atomic E-state index is 0.00944. The number of carbonyl (C=O) groups is 2. The van der Waals surface area contributed by atoms with Gasteiger partial charge in [-0.05, 0) is 132 Å². The van der Waals surface area contributed by atoms with Gasteiger partial charge in [-0.25, -0.2) is 4.79 Å². The van der Waals surface area contributed by atoms with Gasteiger partial charge in [0.2, 0.25) is 5.91 Å². The average molecular weight is 629 g/mol. The molecule has 2 aromatic carbocycles. The number of methoxy groups -OCH3 is 1. The van der Waals surface area contributed by atoms with E-state index in [0.29, 0.717) is 30.9 Å². The molecule has 5 rings (SSSR count). The Balaban J connectivity index is 1.29. The van der Waals surface area contributed by atoms with Crippen molar-refractivity contribution in [3.8, 4) is 16.9 Å². The molecule has 0 bridgehead atoms. The Bertz CT molecular complexity index is 1450. The molecule has 8 nitrogen and oxygen atoms in total. The molecule has 2 fully saturated rings. The summed E-state index contributed by atoms with van der Waals surface area (Å²) in [4.78, 5) is 28.3. The summed E-state index contributed by atoms with van der Waals surface area (Å²) in [7, 11) is 1.73. The number of carbonyl (C=O) groups excluding carboxylic acids is 2. The van der Waals surface area contributed by atoms with E-state index in [0.717, 1.165) is 80.5 Å². The molecule has 46 heavy (non-hydrogen) atoms. The van der Waals surface area contributed by atoms with Gasteiger partial charge < -0.3 is 19.7 Å². The lowest BCUT2D eigenvalue weighted by Crippen LogP contribution is -2.42. The number of ether oxygens (including phenoxy) is 2. The van der Waals surface area contributed by atoms with Crippen molar-refractivity contribution in [2.45, 2.75) is 91.0 Å². The van der Waals surface area contributed by atoms with Crippen LogP contribution in [0.4, 0.5) is 10.5 Å². The van der Waals surface area contributed by atoms with Crippen LogP contribution in [0.5, 0.6) is 5.75 Å². The minimum Gasteiger partial charge on any atom is -0.496 e. The number of nitrogens with zero attached hydrogens (tertiary/aromatic N) is 3. The summed E-state index contributed by atoms with van der Waals surface area (Å²) < 4.78 is 12.5. The summed E-state index contributed by atoms with van der Waals surface area (Å²) in [6.07, 6.45) is 11.7. The maximum atomic E-state index is 14.4. The number of amides is 2. The number of benzene rings is 2. The number of alkyl carbamates (subject to hydrolysis) is 1. The molecule has 0 saturated heterocycles. The molecular formula is C38H52N4O4. The number of anilines is 1. The Labute approximate surface area is 274 Å². The highest BCUT2D eigenvalue weighted by molar-refractivity contribution is 5.95. The molecular weight excluding hydrogens is 576 g/mol. The number of nitrogens with one attached hydrogen (secondary N) is 1. The zero-order valence-corrected chi connectivity index (χ0v) is 28.3. The van der Waals surface area contributed by atoms with Crippen LogP contribution in [0, 0.1) is 24.7 Å². The van der Waals surface area contributed by atoms with Crippen molar-refractivity contribution < 1.29 is 19.1 Å². The highest BCUT2D eigenvalue weighted by Gasteiger charge is 2.33. The molecule has 248 valence electrons. The second-order valence-electron chi connectivity index (χ2n) is 13.6. The summed E-state index contributed by atoms with van der Waals surface area (Å²) in [5.41, 5.74) is 5.69. The molecule has 1 aromatic heterocycles. The molecule has 8 heteroatoms. The fraction of sp³-hybridized carbons (Fsp3) is 0.553. The second-order valence-corrected chi connectivity index (χ2v) is 13.6. The highest BCUT2D eigenvalue weighted by atomic mass is 16.5. The third kappa shape index (κ3) is 8.31. The van der Waals surface area contributed by atoms with Crippen LogP contribution in [0.3, 0.4) is 0 Å². The van der Waals surface area contributed by atoms with Crippen molar-refractivity contribution in [1.29, 1.82) is 0 Å². The molecule has 0 radical (unpaired) electrons. The van der Waals surface area contributed by atoms with Crippen LogP contribution in [0.25, 0.3) is 11.1 Å². The van der Waals surface area contributed by atoms with Crippen LogP contribution >= 0.6 is 0 Å². The van der Waals surface area contributed by atoms with Gasteiger partial charge in [0.1, 0.15) is 5.75 Å². The third-order valence-corrected chi connectivity index (χ3v) is 10.1. The van der Waals surface area contributed by atoms with Crippen LogP contribution in [0.1, 0.15) is 95.2 Å². The SMILES string of the molecule is CCOC(=O)NC[C@H]1CC[C@H](C(=O)N(C[C@H]2CC[C@H](c3ccc(OC)c(C)c3)CC2)c2cccc(-c3cnn(C(C)C)c3)c2)CC1. The monoisotopic (exact) mass is 628 g/mol. The van der Waals surface area contributed by atoms with Crippen molar-refractivity contribution in [3.05, 3.63) is 66.0 Å². The molecule has 0 spiro atoms. The summed E-state index contributed by atoms with van der Waals surface area (Å²) >= 11 is 0. The predicted molar refractivity (Wildman–Crippen MR) is 183 cm³/mol. The van der Waals surface area contributed by atoms with Gasteiger partial charge in [0.25, 0.3) is 0 Å². The van der Waals surface area contributed by atoms with E-state index in [1.165, 1.54) is 11.1 Å². The fourth-order valence-corrected chi connectivity index (χ4v) is 7.28. The van der Waals surface area contributed by atoms with E-state index < -0.39 is 0 Å². The van der Waals surface area contributed by atoms with Gasteiger partial charge in [0, 0.05) is 42.5 Å². The lowest BCUT2D eigenvalue weighted by Gasteiger charge is -2.36. The first-order valence-corrected chi connectivity index (χ1v) is 17.3. The van der Waals surface area contributed by atoms with Crippen molar-refractivity contribution in [3.63, 3.8) is 0 Å². The van der Waals surface area contributed by atoms with Crippen LogP contribution < -0.4 is 15.0 Å². The Morgan fingerprint density at radius 1 is 0.978 bits per heavy atom. The number of hydrogen-bond donors (Lipinski definition) is 1. The zero-order valence-electron chi connectivity index (χ0n) is 28.3. The normalized spacial score (nSPS) is 21.5. The number of hydrogen-bond acceptors (Lipinski definition) is 5. The molecule has 2 amide bonds. The van der Waals surface area contributed by atoms with Gasteiger partial charge in [-0.1, -0.05) is 24.3 Å². The molecule has 2 saturated carbocycles. The lowest BCUT2D eigenvalue weighted by atomic mass is 9.77. The smallest absolute Gasteiger partial charge is 0.407 e. The third-order valence-electron chi connectivity index (χ3n) is 10.1. The van der Waals surface area contributed by atoms with E-state index in [1.807, 2.05) is 17.8 Å². The number of aryl methyl sites for hydroxylation is 1. The van der Waals surface area contributed by atoms with Gasteiger partial charge >= 0.3 is 6.09 Å². The second kappa shape index (κ2) is 15.7. The van der Waals surface area contributed by atoms with E-state index in [9.17, 15) is 9.59 Å². The van der Waals surface area contributed by atoms with Crippen LogP contribution in [-0.4, -0.2) is 48.6 Å². The van der Waals surface area contributed by atoms with Gasteiger partial charge in [-0.3, -0.25) is 9.48 Å². The summed E-state index contributed by atoms with van der Waals surface area (Å²) in [6, 6.07) is 15.3. The first-order valence-electron chi connectivity index (χ1n) is 17.3. The van der Waals surface area contributed by atoms with E-state index >= 15 is 0 Å². The van der Waals surface area contributed by atoms with E-state index in [-0.39, 0.29) is 24.0 Å². The van der Waals surface area contributed by atoms with Crippen LogP contribution in [0.2, 0.25) is 0 Å². The van der Waals surface area contributed by atoms with Gasteiger partial charge in [0.05, 0.1) is 19.9 Å². The molecule has 0 aliphatic heterocycles. The molecule has 2 aliphatic carbocycles. The van der Waals surface area contributed by atoms with Crippen molar-refractivity contribution in [1.82, 2.24) is 15.1 Å². The molecule has 0 atom stereocenters. The quantitative estimate of drug-likeness (QED) is 0.231. The Morgan fingerprint density at radius 3 is 2.37 bits per heavy atom. The first-order chi connectivity index (χ1) is 22.2.